The molecular weight excluding hydrogens is 142 g/mol. The van der Waals surface area contributed by atoms with Crippen LogP contribution in [-0.4, -0.2) is 18.0 Å². The van der Waals surface area contributed by atoms with Crippen LogP contribution >= 0.6 is 0 Å². The van der Waals surface area contributed by atoms with Gasteiger partial charge in [0.05, 0.1) is 6.42 Å². The minimum absolute atomic E-state index is 0.137. The second kappa shape index (κ2) is 4.09. The molecule has 0 aliphatic carbocycles. The van der Waals surface area contributed by atoms with Crippen molar-refractivity contribution >= 4 is 11.6 Å². The van der Waals surface area contributed by atoms with Crippen molar-refractivity contribution in [3.63, 3.8) is 0 Å². The van der Waals surface area contributed by atoms with Gasteiger partial charge in [0.1, 0.15) is 5.78 Å². The maximum atomic E-state index is 11.4. The first-order valence-electron chi connectivity index (χ1n) is 2.90. The number of alkyl halides is 2. The van der Waals surface area contributed by atoms with Crippen molar-refractivity contribution in [1.82, 2.24) is 0 Å². The van der Waals surface area contributed by atoms with Crippen LogP contribution in [0.4, 0.5) is 8.78 Å². The number of hydrogen-bond donors (Lipinski definition) is 0. The molecule has 0 atom stereocenters. The van der Waals surface area contributed by atoms with E-state index < -0.39 is 24.4 Å². The molecule has 0 fully saturated rings. The summed E-state index contributed by atoms with van der Waals surface area (Å²) in [6.45, 7) is 1.53. The normalized spacial score (nSPS) is 10.0. The Hall–Kier alpha value is -0.800. The molecule has 0 aliphatic heterocycles. The number of carbonyl (C=O) groups excluding carboxylic acids is 2. The summed E-state index contributed by atoms with van der Waals surface area (Å²) in [5.74, 6) is -1.72. The molecule has 0 aliphatic rings. The zero-order valence-electron chi connectivity index (χ0n) is 5.56. The predicted molar refractivity (Wildman–Crippen MR) is 30.9 cm³/mol. The molecule has 0 heterocycles. The quantitative estimate of drug-likeness (QED) is 0.564. The molecule has 0 saturated heterocycles. The average molecular weight is 150 g/mol. The highest BCUT2D eigenvalue weighted by molar-refractivity contribution is 6.00. The number of rotatable bonds is 4. The molecule has 0 amide bonds. The molecule has 0 bridgehead atoms. The summed E-state index contributed by atoms with van der Waals surface area (Å²) >= 11 is 0. The Balaban J connectivity index is 3.69. The smallest absolute Gasteiger partial charge is 0.296 e. The lowest BCUT2D eigenvalue weighted by molar-refractivity contribution is -0.134. The Morgan fingerprint density at radius 3 is 2.20 bits per heavy atom. The summed E-state index contributed by atoms with van der Waals surface area (Å²) in [5, 5.41) is 0. The summed E-state index contributed by atoms with van der Waals surface area (Å²) in [6.07, 6.45) is -3.50. The van der Waals surface area contributed by atoms with Crippen LogP contribution in [0.5, 0.6) is 0 Å². The fourth-order valence-corrected chi connectivity index (χ4v) is 0.396. The zero-order valence-corrected chi connectivity index (χ0v) is 5.56. The van der Waals surface area contributed by atoms with E-state index in [1.165, 1.54) is 6.92 Å². The lowest BCUT2D eigenvalue weighted by atomic mass is 10.2. The number of Topliss-reactive ketones (excluding diaryl/α,β-unsaturated/α-hetero) is 2. The first-order chi connectivity index (χ1) is 4.57. The first kappa shape index (κ1) is 9.20. The van der Waals surface area contributed by atoms with Crippen LogP contribution in [0.2, 0.25) is 0 Å². The molecule has 0 aromatic carbocycles. The van der Waals surface area contributed by atoms with E-state index in [9.17, 15) is 18.4 Å². The third-order valence-corrected chi connectivity index (χ3v) is 1.01. The number of halogens is 2. The van der Waals surface area contributed by atoms with Gasteiger partial charge in [-0.25, -0.2) is 8.78 Å². The summed E-state index contributed by atoms with van der Waals surface area (Å²) in [6, 6.07) is 0. The van der Waals surface area contributed by atoms with E-state index in [1.54, 1.807) is 0 Å². The van der Waals surface area contributed by atoms with Gasteiger partial charge in [-0.05, 0) is 0 Å². The molecular formula is C6H8F2O2. The highest BCUT2D eigenvalue weighted by Crippen LogP contribution is 1.99. The molecule has 0 unspecified atom stereocenters. The molecule has 4 heteroatoms. The van der Waals surface area contributed by atoms with Gasteiger partial charge in [0, 0.05) is 6.42 Å². The van der Waals surface area contributed by atoms with Crippen LogP contribution < -0.4 is 0 Å². The molecule has 2 nitrogen and oxygen atoms in total. The third kappa shape index (κ3) is 3.27. The van der Waals surface area contributed by atoms with Crippen LogP contribution in [0.1, 0.15) is 19.8 Å². The van der Waals surface area contributed by atoms with Gasteiger partial charge in [0.2, 0.25) is 5.78 Å². The molecule has 58 valence electrons. The molecule has 0 aromatic rings. The van der Waals surface area contributed by atoms with Gasteiger partial charge in [0.25, 0.3) is 6.43 Å². The molecule has 0 N–H and O–H groups in total. The fourth-order valence-electron chi connectivity index (χ4n) is 0.396. The van der Waals surface area contributed by atoms with Crippen LogP contribution in [-0.2, 0) is 9.59 Å². The Bertz CT molecular complexity index is 143. The minimum atomic E-state index is -3.00. The molecule has 0 rings (SSSR count). The van der Waals surface area contributed by atoms with Crippen LogP contribution in [0.25, 0.3) is 0 Å². The summed E-state index contributed by atoms with van der Waals surface area (Å²) in [7, 11) is 0. The average Bonchev–Trinajstić information content (AvgIpc) is 1.87. The maximum absolute atomic E-state index is 11.4. The van der Waals surface area contributed by atoms with E-state index in [0.29, 0.717) is 0 Å². The lowest BCUT2D eigenvalue weighted by Gasteiger charge is -1.94. The van der Waals surface area contributed by atoms with Crippen molar-refractivity contribution in [3.8, 4) is 0 Å². The lowest BCUT2D eigenvalue weighted by Crippen LogP contribution is -2.14. The fraction of sp³-hybridized carbons (Fsp3) is 0.667. The molecule has 0 saturated carbocycles. The maximum Gasteiger partial charge on any atom is 0.296 e. The number of hydrogen-bond acceptors (Lipinski definition) is 2. The molecule has 0 spiro atoms. The summed E-state index contributed by atoms with van der Waals surface area (Å²) in [5.41, 5.74) is 0. The molecule has 0 aromatic heterocycles. The summed E-state index contributed by atoms with van der Waals surface area (Å²) in [4.78, 5) is 20.5. The van der Waals surface area contributed by atoms with Crippen molar-refractivity contribution in [1.29, 1.82) is 0 Å². The molecule has 0 radical (unpaired) electrons. The van der Waals surface area contributed by atoms with Gasteiger partial charge in [-0.2, -0.15) is 0 Å². The second-order valence-corrected chi connectivity index (χ2v) is 1.84. The van der Waals surface area contributed by atoms with Crippen LogP contribution in [0, 0.1) is 0 Å². The monoisotopic (exact) mass is 150 g/mol. The largest absolute Gasteiger partial charge is 0.299 e. The van der Waals surface area contributed by atoms with Gasteiger partial charge >= 0.3 is 0 Å². The van der Waals surface area contributed by atoms with E-state index in [4.69, 9.17) is 0 Å². The molecule has 10 heavy (non-hydrogen) atoms. The number of carbonyl (C=O) groups is 2. The standard InChI is InChI=1S/C6H8F2O2/c1-2-4(9)3-5(10)6(7)8/h6H,2-3H2,1H3. The van der Waals surface area contributed by atoms with Crippen molar-refractivity contribution < 1.29 is 18.4 Å². The SMILES string of the molecule is CCC(=O)CC(=O)C(F)F. The van der Waals surface area contributed by atoms with Crippen LogP contribution in [0.15, 0.2) is 0 Å². The number of ketones is 2. The van der Waals surface area contributed by atoms with E-state index in [-0.39, 0.29) is 6.42 Å². The highest BCUT2D eigenvalue weighted by Gasteiger charge is 2.17. The summed E-state index contributed by atoms with van der Waals surface area (Å²) < 4.78 is 22.8. The second-order valence-electron chi connectivity index (χ2n) is 1.84. The van der Waals surface area contributed by atoms with Gasteiger partial charge in [-0.3, -0.25) is 9.59 Å². The Labute approximate surface area is 57.2 Å². The topological polar surface area (TPSA) is 34.1 Å². The Kier molecular flexibility index (Phi) is 3.76. The van der Waals surface area contributed by atoms with Gasteiger partial charge in [-0.1, -0.05) is 6.92 Å². The van der Waals surface area contributed by atoms with E-state index in [1.807, 2.05) is 0 Å². The van der Waals surface area contributed by atoms with Crippen molar-refractivity contribution in [2.75, 3.05) is 0 Å². The minimum Gasteiger partial charge on any atom is -0.299 e. The van der Waals surface area contributed by atoms with Crippen molar-refractivity contribution in [2.45, 2.75) is 26.2 Å². The van der Waals surface area contributed by atoms with Crippen molar-refractivity contribution in [3.05, 3.63) is 0 Å². The van der Waals surface area contributed by atoms with Crippen molar-refractivity contribution in [2.24, 2.45) is 0 Å². The predicted octanol–water partition coefficient (Wildman–Crippen LogP) is 1.19. The Morgan fingerprint density at radius 2 is 1.90 bits per heavy atom. The van der Waals surface area contributed by atoms with E-state index in [0.717, 1.165) is 0 Å². The van der Waals surface area contributed by atoms with Crippen LogP contribution in [0.3, 0.4) is 0 Å². The Morgan fingerprint density at radius 1 is 1.40 bits per heavy atom. The third-order valence-electron chi connectivity index (χ3n) is 1.01. The highest BCUT2D eigenvalue weighted by atomic mass is 19.3. The first-order valence-corrected chi connectivity index (χ1v) is 2.90. The van der Waals surface area contributed by atoms with Gasteiger partial charge < -0.3 is 0 Å². The van der Waals surface area contributed by atoms with Gasteiger partial charge in [0.15, 0.2) is 0 Å². The zero-order chi connectivity index (χ0) is 8.15. The van der Waals surface area contributed by atoms with E-state index >= 15 is 0 Å². The van der Waals surface area contributed by atoms with E-state index in [2.05, 4.69) is 0 Å². The van der Waals surface area contributed by atoms with Gasteiger partial charge in [-0.15, -0.1) is 0 Å².